The molecule has 0 nitrogen and oxygen atoms in total. The maximum atomic E-state index is 1.44. The third kappa shape index (κ3) is 1130. The van der Waals surface area contributed by atoms with Gasteiger partial charge in [-0.05, 0) is 117 Å². The van der Waals surface area contributed by atoms with E-state index in [4.69, 9.17) is 0 Å². The second-order valence-corrected chi connectivity index (χ2v) is 0. The Morgan fingerprint density at radius 1 is 0.167 bits per heavy atom. The molecule has 0 aliphatic rings. The van der Waals surface area contributed by atoms with Crippen molar-refractivity contribution >= 4 is 117 Å². The predicted octanol–water partition coefficient (Wildman–Crippen LogP) is -13.3. The lowest BCUT2D eigenvalue weighted by Gasteiger charge is -1.01. The fourth-order valence-corrected chi connectivity index (χ4v) is 0. The molecule has 0 spiro atoms. The molecule has 18 heteroatoms. The zero-order chi connectivity index (χ0) is 12.0. The first kappa shape index (κ1) is 111. The van der Waals surface area contributed by atoms with Gasteiger partial charge in [-0.1, -0.05) is 0 Å². The summed E-state index contributed by atoms with van der Waals surface area (Å²) in [5, 5.41) is 0. The minimum atomic E-state index is 0. The van der Waals surface area contributed by atoms with Crippen molar-refractivity contribution in [1.29, 1.82) is 0 Å². The van der Waals surface area contributed by atoms with Crippen LogP contribution in [-0.4, -0.2) is 117 Å². The number of hydrogen-bond donors (Lipinski definition) is 0. The van der Waals surface area contributed by atoms with E-state index in [2.05, 4.69) is 0 Å². The van der Waals surface area contributed by atoms with Crippen LogP contribution in [0.1, 0.15) is 0 Å². The molecule has 0 radical (unpaired) electrons. The summed E-state index contributed by atoms with van der Waals surface area (Å²) < 4.78 is 0. The van der Waals surface area contributed by atoms with Crippen molar-refractivity contribution in [3.8, 4) is 0 Å². The normalized spacial score (nSPS) is 4.00. The van der Waals surface area contributed by atoms with Gasteiger partial charge in [-0.15, -0.1) is 0 Å². The third-order valence-electron chi connectivity index (χ3n) is 0. The minimum Gasteiger partial charge on any atom is -0.269 e. The molecule has 0 aromatic rings. The van der Waals surface area contributed by atoms with Gasteiger partial charge < -0.3 is 0 Å². The van der Waals surface area contributed by atoms with E-state index in [1.165, 1.54) is 117 Å². The Labute approximate surface area is 145 Å². The van der Waals surface area contributed by atoms with Gasteiger partial charge in [0.1, 0.15) is 0 Å². The lowest BCUT2D eigenvalue weighted by Crippen LogP contribution is -1.38. The van der Waals surface area contributed by atoms with Gasteiger partial charge in [0.25, 0.3) is 0 Å². The van der Waals surface area contributed by atoms with Crippen LogP contribution in [0.3, 0.4) is 0 Å². The van der Waals surface area contributed by atoms with E-state index in [1.54, 1.807) is 0 Å². The summed E-state index contributed by atoms with van der Waals surface area (Å²) in [6, 6.07) is 0. The molecule has 0 unspecified atom stereocenters. The van der Waals surface area contributed by atoms with Gasteiger partial charge in [0.05, 0.1) is 0 Å². The van der Waals surface area contributed by atoms with Crippen LogP contribution in [-0.2, 0) is 0 Å². The van der Waals surface area contributed by atoms with E-state index in [1.807, 2.05) is 0 Å². The molecule has 0 saturated heterocycles. The highest BCUT2D eigenvalue weighted by Gasteiger charge is 0.998. The highest BCUT2D eigenvalue weighted by atomic mass is 29.1. The Balaban J connectivity index is -0.00000000225. The zero-order valence-electron chi connectivity index (χ0n) is 14.4. The molecule has 0 rings (SSSR count). The van der Waals surface area contributed by atoms with E-state index >= 15 is 0 Å². The summed E-state index contributed by atoms with van der Waals surface area (Å²) in [6.07, 6.45) is 0. The van der Waals surface area contributed by atoms with E-state index < -0.39 is 0 Å². The van der Waals surface area contributed by atoms with Crippen LogP contribution in [0.25, 0.3) is 0 Å². The smallest absolute Gasteiger partial charge is 0.0125 e. The molecule has 0 saturated carbocycles. The Morgan fingerprint density at radius 2 is 0.167 bits per heavy atom. The monoisotopic (exact) mass is 492 g/mol. The molecule has 18 heavy (non-hydrogen) atoms. The average Bonchev–Trinajstić information content (AvgIpc) is 2.33. The van der Waals surface area contributed by atoms with Gasteiger partial charge in [-0.2, -0.15) is 0 Å². The van der Waals surface area contributed by atoms with Crippen LogP contribution in [0.2, 0.25) is 0 Å². The first-order chi connectivity index (χ1) is 6.00. The minimum absolute atomic E-state index is 0. The maximum Gasteiger partial charge on any atom is -0.0125 e. The number of hydrogen-bond acceptors (Lipinski definition) is 0. The summed E-state index contributed by atoms with van der Waals surface area (Å²) >= 11 is 0. The lowest BCUT2D eigenvalue weighted by atomic mass is 19.0. The quantitative estimate of drug-likeness (QED) is 0.233. The second-order valence-electron chi connectivity index (χ2n) is 0. The van der Waals surface area contributed by atoms with Crippen LogP contribution in [0.4, 0.5) is 28.2 Å². The largest absolute Gasteiger partial charge is 0.269 e. The Morgan fingerprint density at radius 3 is 0.167 bits per heavy atom. The molecule has 0 aromatic heterocycles. The summed E-state index contributed by atoms with van der Waals surface area (Å²) in [5.41, 5.74) is 0. The fraction of sp³-hybridized carbons (Fsp3) is 0. The Bertz CT molecular complexity index is 16.5. The van der Waals surface area contributed by atoms with Crippen molar-refractivity contribution in [2.45, 2.75) is 0 Å². The molecule has 0 bridgehead atoms. The van der Waals surface area contributed by atoms with Gasteiger partial charge in [-0.25, -0.2) is 0 Å². The van der Waals surface area contributed by atoms with E-state index in [0.717, 1.165) is 0 Å². The van der Waals surface area contributed by atoms with Gasteiger partial charge in [0.15, 0.2) is 0 Å². The van der Waals surface area contributed by atoms with E-state index in [0.29, 0.717) is 0 Å². The van der Waals surface area contributed by atoms with Gasteiger partial charge in [0.2, 0.25) is 0 Å². The molecule has 0 aliphatic heterocycles. The maximum absolute atomic E-state index is 1.44. The first-order valence-electron chi connectivity index (χ1n) is 6.00. The molecule has 0 heterocycles. The Kier molecular flexibility index (Phi) is 8200. The molecular weight excluding hydrogens is 451 g/mol. The fourth-order valence-electron chi connectivity index (χ4n) is 0. The predicted molar refractivity (Wildman–Crippen MR) is 134 cm³/mol. The van der Waals surface area contributed by atoms with Crippen molar-refractivity contribution in [3.63, 3.8) is 0 Å². The number of halogens is 6. The van der Waals surface area contributed by atoms with Crippen LogP contribution in [0.5, 0.6) is 0 Å². The van der Waals surface area contributed by atoms with Crippen molar-refractivity contribution in [1.82, 2.24) is 0 Å². The average molecular weight is 493 g/mol. The third-order valence-corrected chi connectivity index (χ3v) is 0. The summed E-state index contributed by atoms with van der Waals surface area (Å²) in [5.74, 6) is 0. The molecule has 0 aliphatic carbocycles. The van der Waals surface area contributed by atoms with Gasteiger partial charge in [0, 0.05) is 0 Å². The highest BCUT2D eigenvalue weighted by molar-refractivity contribution is 6.76. The van der Waals surface area contributed by atoms with Crippen molar-refractivity contribution in [2.24, 2.45) is 0 Å². The van der Waals surface area contributed by atoms with Crippen LogP contribution < -0.4 is 0 Å². The summed E-state index contributed by atoms with van der Waals surface area (Å²) in [7, 11) is 17.3. The van der Waals surface area contributed by atoms with Crippen LogP contribution in [0.15, 0.2) is 0 Å². The van der Waals surface area contributed by atoms with E-state index in [-0.39, 0.29) is 28.2 Å². The molecule has 0 N–H and O–H groups in total. The van der Waals surface area contributed by atoms with Gasteiger partial charge in [-0.3, -0.25) is 28.2 Å². The topological polar surface area (TPSA) is 0 Å². The molecule has 0 fully saturated rings. The Hall–Kier alpha value is 2.18. The lowest BCUT2D eigenvalue weighted by molar-refractivity contribution is 1.11. The highest BCUT2D eigenvalue weighted by Crippen LogP contribution is 0.630. The summed E-state index contributed by atoms with van der Waals surface area (Å²) in [6.45, 7) is 0. The van der Waals surface area contributed by atoms with Crippen LogP contribution in [0, 0.1) is 0 Å². The van der Waals surface area contributed by atoms with Gasteiger partial charge >= 0.3 is 0 Å². The molecule has 0 amide bonds. The molecular formula is H42F6Si12. The molecule has 132 valence electrons. The molecule has 0 aromatic carbocycles. The second kappa shape index (κ2) is 1330. The van der Waals surface area contributed by atoms with Crippen molar-refractivity contribution in [2.75, 3.05) is 0 Å². The SMILES string of the molecule is F.F.F.F.F.F.[SiH3][SiH3].[SiH3][SiH3].[SiH3][SiH3].[SiH3][SiH3].[SiH3][SiH3].[SiH3][SiH3]. The zero-order valence-corrected chi connectivity index (χ0v) is 38.4. The molecule has 0 atom stereocenters. The standard InChI is InChI=1S/6FH.6H6Si2/c;;;;;;6*1-2/h6*1H;6*1-2H3. The van der Waals surface area contributed by atoms with Crippen molar-refractivity contribution < 1.29 is 28.2 Å². The number of rotatable bonds is 0. The van der Waals surface area contributed by atoms with E-state index in [9.17, 15) is 0 Å². The van der Waals surface area contributed by atoms with Crippen LogP contribution >= 0.6 is 0 Å². The summed E-state index contributed by atoms with van der Waals surface area (Å²) in [4.78, 5) is 0. The van der Waals surface area contributed by atoms with Crippen molar-refractivity contribution in [3.05, 3.63) is 0 Å². The first-order valence-corrected chi connectivity index (χ1v) is 54.0.